The molecule has 0 aromatic heterocycles. The summed E-state index contributed by atoms with van der Waals surface area (Å²) >= 11 is 0. The van der Waals surface area contributed by atoms with E-state index in [1.807, 2.05) is 20.0 Å². The highest BCUT2D eigenvalue weighted by atomic mass is 35.5. The summed E-state index contributed by atoms with van der Waals surface area (Å²) in [6.45, 7) is 7.76. The van der Waals surface area contributed by atoms with Crippen molar-refractivity contribution in [2.75, 3.05) is 51.2 Å². The van der Waals surface area contributed by atoms with Crippen molar-refractivity contribution in [1.29, 1.82) is 0 Å². The average molecular weight is 341 g/mol. The van der Waals surface area contributed by atoms with E-state index in [0.717, 1.165) is 39.3 Å². The van der Waals surface area contributed by atoms with Gasteiger partial charge in [0.25, 0.3) is 0 Å². The average Bonchev–Trinajstić information content (AvgIpc) is 2.59. The van der Waals surface area contributed by atoms with Crippen molar-refractivity contribution in [3.8, 4) is 0 Å². The molecule has 23 heavy (non-hydrogen) atoms. The lowest BCUT2D eigenvalue weighted by Crippen LogP contribution is -2.50. The van der Waals surface area contributed by atoms with E-state index >= 15 is 0 Å². The van der Waals surface area contributed by atoms with Crippen molar-refractivity contribution in [2.24, 2.45) is 5.73 Å². The second kappa shape index (κ2) is 9.75. The van der Waals surface area contributed by atoms with Gasteiger partial charge in [-0.3, -0.25) is 9.69 Å². The minimum Gasteiger partial charge on any atom is -0.369 e. The van der Waals surface area contributed by atoms with Crippen LogP contribution < -0.4 is 10.6 Å². The maximum absolute atomic E-state index is 12.0. The predicted molar refractivity (Wildman–Crippen MR) is 98.2 cm³/mol. The number of hydrogen-bond donors (Lipinski definition) is 1. The molecule has 1 aliphatic heterocycles. The van der Waals surface area contributed by atoms with Crippen LogP contribution in [-0.2, 0) is 4.79 Å². The fourth-order valence-corrected chi connectivity index (χ4v) is 2.73. The van der Waals surface area contributed by atoms with E-state index in [1.165, 1.54) is 5.69 Å². The van der Waals surface area contributed by atoms with Crippen LogP contribution in [0.3, 0.4) is 0 Å². The van der Waals surface area contributed by atoms with Gasteiger partial charge in [0.1, 0.15) is 0 Å². The molecule has 0 saturated carbocycles. The molecule has 1 unspecified atom stereocenters. The highest BCUT2D eigenvalue weighted by molar-refractivity contribution is 5.85. The Hall–Kier alpha value is -1.30. The molecule has 1 aromatic rings. The number of piperazine rings is 1. The SMILES string of the molecule is CCC(N)C(=O)N(C)CCN1CCN(c2ccccc2)CC1.Cl. The van der Waals surface area contributed by atoms with Crippen molar-refractivity contribution < 1.29 is 4.79 Å². The van der Waals surface area contributed by atoms with Gasteiger partial charge in [0.15, 0.2) is 0 Å². The fraction of sp³-hybridized carbons (Fsp3) is 0.588. The topological polar surface area (TPSA) is 52.8 Å². The predicted octanol–water partition coefficient (Wildman–Crippen LogP) is 1.43. The molecule has 1 amide bonds. The summed E-state index contributed by atoms with van der Waals surface area (Å²) < 4.78 is 0. The van der Waals surface area contributed by atoms with Crippen LogP contribution in [0.1, 0.15) is 13.3 Å². The monoisotopic (exact) mass is 340 g/mol. The quantitative estimate of drug-likeness (QED) is 0.851. The Morgan fingerprint density at radius 2 is 1.83 bits per heavy atom. The second-order valence-electron chi connectivity index (χ2n) is 5.94. The summed E-state index contributed by atoms with van der Waals surface area (Å²) in [4.78, 5) is 18.6. The van der Waals surface area contributed by atoms with Crippen LogP contribution in [0.5, 0.6) is 0 Å². The molecule has 0 bridgehead atoms. The number of halogens is 1. The third-order valence-electron chi connectivity index (χ3n) is 4.38. The number of hydrogen-bond acceptors (Lipinski definition) is 4. The van der Waals surface area contributed by atoms with E-state index in [9.17, 15) is 4.79 Å². The molecular weight excluding hydrogens is 312 g/mol. The Labute approximate surface area is 145 Å². The van der Waals surface area contributed by atoms with E-state index in [-0.39, 0.29) is 24.4 Å². The number of nitrogens with two attached hydrogens (primary N) is 1. The zero-order valence-electron chi connectivity index (χ0n) is 14.1. The molecule has 0 aliphatic carbocycles. The second-order valence-corrected chi connectivity index (χ2v) is 5.94. The lowest BCUT2D eigenvalue weighted by molar-refractivity contribution is -0.131. The van der Waals surface area contributed by atoms with Gasteiger partial charge in [0.2, 0.25) is 5.91 Å². The Morgan fingerprint density at radius 3 is 2.39 bits per heavy atom. The van der Waals surface area contributed by atoms with Crippen molar-refractivity contribution in [3.63, 3.8) is 0 Å². The molecule has 0 spiro atoms. The van der Waals surface area contributed by atoms with Crippen molar-refractivity contribution >= 4 is 24.0 Å². The molecule has 2 rings (SSSR count). The highest BCUT2D eigenvalue weighted by Gasteiger charge is 2.19. The molecule has 2 N–H and O–H groups in total. The van der Waals surface area contributed by atoms with Crippen LogP contribution in [-0.4, -0.2) is 68.1 Å². The van der Waals surface area contributed by atoms with Crippen LogP contribution >= 0.6 is 12.4 Å². The maximum Gasteiger partial charge on any atom is 0.239 e. The number of para-hydroxylation sites is 1. The molecule has 0 radical (unpaired) electrons. The van der Waals surface area contributed by atoms with Gasteiger partial charge in [-0.1, -0.05) is 25.1 Å². The van der Waals surface area contributed by atoms with Crippen LogP contribution in [0, 0.1) is 0 Å². The van der Waals surface area contributed by atoms with Gasteiger partial charge in [-0.2, -0.15) is 0 Å². The number of anilines is 1. The van der Waals surface area contributed by atoms with E-state index in [4.69, 9.17) is 5.73 Å². The number of likely N-dealkylation sites (N-methyl/N-ethyl adjacent to an activating group) is 1. The molecule has 1 aliphatic rings. The molecule has 1 saturated heterocycles. The Morgan fingerprint density at radius 1 is 1.22 bits per heavy atom. The molecule has 1 heterocycles. The number of benzene rings is 1. The first-order valence-electron chi connectivity index (χ1n) is 8.14. The molecule has 1 aromatic carbocycles. The smallest absolute Gasteiger partial charge is 0.239 e. The minimum absolute atomic E-state index is 0. The van der Waals surface area contributed by atoms with Crippen LogP contribution in [0.2, 0.25) is 0 Å². The first-order valence-corrected chi connectivity index (χ1v) is 8.14. The first kappa shape index (κ1) is 19.7. The number of carbonyl (C=O) groups is 1. The van der Waals surface area contributed by atoms with Gasteiger partial charge in [0.05, 0.1) is 6.04 Å². The van der Waals surface area contributed by atoms with E-state index in [0.29, 0.717) is 6.42 Å². The maximum atomic E-state index is 12.0. The van der Waals surface area contributed by atoms with Gasteiger partial charge >= 0.3 is 0 Å². The lowest BCUT2D eigenvalue weighted by atomic mass is 10.2. The minimum atomic E-state index is -0.361. The van der Waals surface area contributed by atoms with Crippen molar-refractivity contribution in [2.45, 2.75) is 19.4 Å². The molecular formula is C17H29ClN4O. The Kier molecular flexibility index (Phi) is 8.37. The van der Waals surface area contributed by atoms with E-state index in [1.54, 1.807) is 4.90 Å². The highest BCUT2D eigenvalue weighted by Crippen LogP contribution is 2.15. The lowest BCUT2D eigenvalue weighted by Gasteiger charge is -2.36. The van der Waals surface area contributed by atoms with Gasteiger partial charge in [-0.15, -0.1) is 12.4 Å². The third kappa shape index (κ3) is 5.68. The molecule has 130 valence electrons. The molecule has 1 fully saturated rings. The van der Waals surface area contributed by atoms with E-state index in [2.05, 4.69) is 34.1 Å². The summed E-state index contributed by atoms with van der Waals surface area (Å²) in [6.07, 6.45) is 0.693. The van der Waals surface area contributed by atoms with Crippen LogP contribution in [0.25, 0.3) is 0 Å². The molecule has 1 atom stereocenters. The van der Waals surface area contributed by atoms with Crippen molar-refractivity contribution in [1.82, 2.24) is 9.80 Å². The van der Waals surface area contributed by atoms with Gasteiger partial charge in [-0.05, 0) is 18.6 Å². The Balaban J connectivity index is 0.00000264. The standard InChI is InChI=1S/C17H28N4O.ClH/c1-3-16(18)17(22)19(2)9-10-20-11-13-21(14-12-20)15-7-5-4-6-8-15;/h4-8,16H,3,9-14,18H2,1-2H3;1H. The fourth-order valence-electron chi connectivity index (χ4n) is 2.73. The number of carbonyl (C=O) groups excluding carboxylic acids is 1. The summed E-state index contributed by atoms with van der Waals surface area (Å²) in [5.41, 5.74) is 7.09. The van der Waals surface area contributed by atoms with Gasteiger partial charge < -0.3 is 15.5 Å². The largest absolute Gasteiger partial charge is 0.369 e. The zero-order chi connectivity index (χ0) is 15.9. The zero-order valence-corrected chi connectivity index (χ0v) is 15.0. The number of rotatable bonds is 6. The van der Waals surface area contributed by atoms with Gasteiger partial charge in [0, 0.05) is 52.0 Å². The van der Waals surface area contributed by atoms with Crippen molar-refractivity contribution in [3.05, 3.63) is 30.3 Å². The number of nitrogens with zero attached hydrogens (tertiary/aromatic N) is 3. The Bertz CT molecular complexity index is 463. The van der Waals surface area contributed by atoms with Gasteiger partial charge in [-0.25, -0.2) is 0 Å². The first-order chi connectivity index (χ1) is 10.6. The summed E-state index contributed by atoms with van der Waals surface area (Å²) in [5.74, 6) is 0.0467. The van der Waals surface area contributed by atoms with Crippen LogP contribution in [0.15, 0.2) is 30.3 Å². The molecule has 5 nitrogen and oxygen atoms in total. The third-order valence-corrected chi connectivity index (χ3v) is 4.38. The summed E-state index contributed by atoms with van der Waals surface area (Å²) in [7, 11) is 1.85. The summed E-state index contributed by atoms with van der Waals surface area (Å²) in [5, 5.41) is 0. The number of amides is 1. The molecule has 6 heteroatoms. The normalized spacial score (nSPS) is 16.6. The summed E-state index contributed by atoms with van der Waals surface area (Å²) in [6, 6.07) is 10.2. The van der Waals surface area contributed by atoms with Crippen LogP contribution in [0.4, 0.5) is 5.69 Å². The van der Waals surface area contributed by atoms with E-state index < -0.39 is 0 Å².